The molecular weight excluding hydrogens is 186 g/mol. The maximum absolute atomic E-state index is 13.3. The first-order valence-corrected chi connectivity index (χ1v) is 4.69. The second-order valence-corrected chi connectivity index (χ2v) is 3.41. The van der Waals surface area contributed by atoms with Crippen molar-refractivity contribution < 1.29 is 13.9 Å². The van der Waals surface area contributed by atoms with Crippen molar-refractivity contribution in [3.63, 3.8) is 0 Å². The monoisotopic (exact) mass is 200 g/mol. The molecule has 0 spiro atoms. The Hall–Kier alpha value is -0.960. The van der Waals surface area contributed by atoms with Crippen molar-refractivity contribution in [3.05, 3.63) is 35.4 Å². The predicted octanol–water partition coefficient (Wildman–Crippen LogP) is 2.84. The minimum absolute atomic E-state index is 0.236. The van der Waals surface area contributed by atoms with Gasteiger partial charge >= 0.3 is 0 Å². The Morgan fingerprint density at radius 2 is 2.00 bits per heavy atom. The van der Waals surface area contributed by atoms with Crippen LogP contribution in [0.15, 0.2) is 18.2 Å². The van der Waals surface area contributed by atoms with Gasteiger partial charge in [-0.05, 0) is 18.1 Å². The van der Waals surface area contributed by atoms with Gasteiger partial charge in [0.15, 0.2) is 11.6 Å². The first kappa shape index (κ1) is 11.1. The number of benzene rings is 1. The van der Waals surface area contributed by atoms with Crippen LogP contribution in [0.1, 0.15) is 31.7 Å². The molecule has 0 radical (unpaired) electrons. The van der Waals surface area contributed by atoms with Gasteiger partial charge in [-0.15, -0.1) is 0 Å². The van der Waals surface area contributed by atoms with E-state index in [9.17, 15) is 13.9 Å². The second kappa shape index (κ2) is 4.51. The number of hydrogen-bond acceptors (Lipinski definition) is 1. The van der Waals surface area contributed by atoms with Crippen LogP contribution in [0.25, 0.3) is 0 Å². The average Bonchev–Trinajstić information content (AvgIpc) is 2.20. The van der Waals surface area contributed by atoms with Crippen LogP contribution in [0.5, 0.6) is 0 Å². The summed E-state index contributed by atoms with van der Waals surface area (Å²) in [5, 5.41) is 9.51. The van der Waals surface area contributed by atoms with Crippen molar-refractivity contribution in [3.8, 4) is 0 Å². The molecule has 1 aromatic rings. The van der Waals surface area contributed by atoms with Crippen LogP contribution in [0, 0.1) is 11.6 Å². The van der Waals surface area contributed by atoms with Crippen molar-refractivity contribution in [2.45, 2.75) is 32.3 Å². The van der Waals surface area contributed by atoms with Crippen molar-refractivity contribution in [2.24, 2.45) is 0 Å². The molecule has 1 aromatic carbocycles. The molecule has 1 rings (SSSR count). The normalized spacial score (nSPS) is 15.2. The number of aliphatic hydroxyl groups is 1. The lowest BCUT2D eigenvalue weighted by atomic mass is 9.93. The molecule has 0 aromatic heterocycles. The Bertz CT molecular complexity index is 312. The first-order valence-electron chi connectivity index (χ1n) is 4.69. The predicted molar refractivity (Wildman–Crippen MR) is 51.1 cm³/mol. The van der Waals surface area contributed by atoms with Gasteiger partial charge in [0, 0.05) is 5.92 Å². The summed E-state index contributed by atoms with van der Waals surface area (Å²) >= 11 is 0. The Balaban J connectivity index is 3.01. The molecular formula is C11H14F2O. The molecule has 0 aliphatic rings. The fourth-order valence-corrected chi connectivity index (χ4v) is 1.43. The van der Waals surface area contributed by atoms with E-state index in [1.165, 1.54) is 12.1 Å². The van der Waals surface area contributed by atoms with E-state index in [2.05, 4.69) is 0 Å². The van der Waals surface area contributed by atoms with Crippen molar-refractivity contribution in [2.75, 3.05) is 0 Å². The van der Waals surface area contributed by atoms with E-state index in [4.69, 9.17) is 0 Å². The van der Waals surface area contributed by atoms with Crippen LogP contribution in [0.3, 0.4) is 0 Å². The van der Waals surface area contributed by atoms with Crippen molar-refractivity contribution in [1.82, 2.24) is 0 Å². The average molecular weight is 200 g/mol. The van der Waals surface area contributed by atoms with Gasteiger partial charge in [-0.25, -0.2) is 8.78 Å². The van der Waals surface area contributed by atoms with Crippen LogP contribution in [0.4, 0.5) is 8.78 Å². The topological polar surface area (TPSA) is 20.2 Å². The van der Waals surface area contributed by atoms with E-state index in [-0.39, 0.29) is 11.5 Å². The van der Waals surface area contributed by atoms with E-state index in [0.29, 0.717) is 6.42 Å². The summed E-state index contributed by atoms with van der Waals surface area (Å²) in [6, 6.07) is 4.03. The van der Waals surface area contributed by atoms with E-state index in [0.717, 1.165) is 6.07 Å². The molecule has 3 heteroatoms. The Kier molecular flexibility index (Phi) is 3.58. The van der Waals surface area contributed by atoms with Gasteiger partial charge in [0.25, 0.3) is 0 Å². The zero-order valence-corrected chi connectivity index (χ0v) is 8.30. The summed E-state index contributed by atoms with van der Waals surface area (Å²) in [4.78, 5) is 0. The lowest BCUT2D eigenvalue weighted by Crippen LogP contribution is -2.16. The number of rotatable bonds is 3. The summed E-state index contributed by atoms with van der Waals surface area (Å²) in [5.74, 6) is -2.10. The van der Waals surface area contributed by atoms with Crippen LogP contribution < -0.4 is 0 Å². The Morgan fingerprint density at radius 1 is 1.36 bits per heavy atom. The smallest absolute Gasteiger partial charge is 0.162 e. The molecule has 1 nitrogen and oxygen atoms in total. The third-order valence-corrected chi connectivity index (χ3v) is 2.47. The molecule has 2 unspecified atom stereocenters. The summed E-state index contributed by atoms with van der Waals surface area (Å²) in [6.07, 6.45) is -0.108. The quantitative estimate of drug-likeness (QED) is 0.795. The summed E-state index contributed by atoms with van der Waals surface area (Å²) < 4.78 is 26.1. The molecule has 78 valence electrons. The molecule has 2 atom stereocenters. The van der Waals surface area contributed by atoms with Gasteiger partial charge in [-0.1, -0.05) is 26.0 Å². The van der Waals surface area contributed by atoms with E-state index < -0.39 is 17.7 Å². The summed E-state index contributed by atoms with van der Waals surface area (Å²) in [5.41, 5.74) is 0.236. The van der Waals surface area contributed by atoms with Crippen LogP contribution in [-0.2, 0) is 0 Å². The number of aliphatic hydroxyl groups excluding tert-OH is 1. The maximum atomic E-state index is 13.3. The minimum atomic E-state index is -0.863. The zero-order chi connectivity index (χ0) is 10.7. The maximum Gasteiger partial charge on any atom is 0.162 e. The highest BCUT2D eigenvalue weighted by Gasteiger charge is 2.19. The highest BCUT2D eigenvalue weighted by molar-refractivity contribution is 5.23. The van der Waals surface area contributed by atoms with Gasteiger partial charge in [0.05, 0.1) is 6.10 Å². The highest BCUT2D eigenvalue weighted by atomic mass is 19.2. The molecule has 0 heterocycles. The van der Waals surface area contributed by atoms with Crippen molar-refractivity contribution >= 4 is 0 Å². The molecule has 0 bridgehead atoms. The van der Waals surface area contributed by atoms with Crippen LogP contribution >= 0.6 is 0 Å². The second-order valence-electron chi connectivity index (χ2n) is 3.41. The molecule has 0 saturated carbocycles. The largest absolute Gasteiger partial charge is 0.393 e. The number of halogens is 2. The fraction of sp³-hybridized carbons (Fsp3) is 0.455. The van der Waals surface area contributed by atoms with Gasteiger partial charge in [-0.3, -0.25) is 0 Å². The van der Waals surface area contributed by atoms with Crippen LogP contribution in [-0.4, -0.2) is 11.2 Å². The summed E-state index contributed by atoms with van der Waals surface area (Å²) in [6.45, 7) is 3.49. The lowest BCUT2D eigenvalue weighted by molar-refractivity contribution is 0.143. The molecule has 0 amide bonds. The van der Waals surface area contributed by atoms with Gasteiger partial charge in [0.1, 0.15) is 0 Å². The molecule has 0 saturated heterocycles. The van der Waals surface area contributed by atoms with E-state index in [1.54, 1.807) is 13.8 Å². The third-order valence-electron chi connectivity index (χ3n) is 2.47. The molecule has 14 heavy (non-hydrogen) atoms. The molecule has 0 aliphatic heterocycles. The van der Waals surface area contributed by atoms with Crippen molar-refractivity contribution in [1.29, 1.82) is 0 Å². The van der Waals surface area contributed by atoms with Gasteiger partial charge < -0.3 is 5.11 Å². The Morgan fingerprint density at radius 3 is 2.57 bits per heavy atom. The Labute approximate surface area is 82.4 Å². The molecule has 1 N–H and O–H groups in total. The number of hydrogen-bond donors (Lipinski definition) is 1. The minimum Gasteiger partial charge on any atom is -0.393 e. The summed E-state index contributed by atoms with van der Waals surface area (Å²) in [7, 11) is 0. The van der Waals surface area contributed by atoms with Crippen LogP contribution in [0.2, 0.25) is 0 Å². The SMILES string of the molecule is CCC(O)C(C)c1cccc(F)c1F. The van der Waals surface area contributed by atoms with E-state index in [1.807, 2.05) is 0 Å². The standard InChI is InChI=1S/C11H14F2O/c1-3-10(14)7(2)8-5-4-6-9(12)11(8)13/h4-7,10,14H,3H2,1-2H3. The molecule has 0 fully saturated rings. The first-order chi connectivity index (χ1) is 6.57. The van der Waals surface area contributed by atoms with Gasteiger partial charge in [0.2, 0.25) is 0 Å². The highest BCUT2D eigenvalue weighted by Crippen LogP contribution is 2.24. The zero-order valence-electron chi connectivity index (χ0n) is 8.30. The molecule has 0 aliphatic carbocycles. The fourth-order valence-electron chi connectivity index (χ4n) is 1.43. The lowest BCUT2D eigenvalue weighted by Gasteiger charge is -2.18. The third kappa shape index (κ3) is 2.10. The van der Waals surface area contributed by atoms with E-state index >= 15 is 0 Å². The van der Waals surface area contributed by atoms with Gasteiger partial charge in [-0.2, -0.15) is 0 Å².